The topological polar surface area (TPSA) is 29.5 Å². The van der Waals surface area contributed by atoms with Crippen LogP contribution in [0.5, 0.6) is 11.5 Å². The summed E-state index contributed by atoms with van der Waals surface area (Å²) in [6.07, 6.45) is -4.60. The van der Waals surface area contributed by atoms with Crippen LogP contribution in [0.2, 0.25) is 0 Å². The molecule has 2 aromatic rings. The molecule has 0 aliphatic heterocycles. The zero-order valence-corrected chi connectivity index (χ0v) is 11.3. The second-order valence-corrected chi connectivity index (χ2v) is 4.62. The van der Waals surface area contributed by atoms with Crippen molar-refractivity contribution in [2.24, 2.45) is 0 Å². The molecule has 2 nitrogen and oxygen atoms in total. The van der Waals surface area contributed by atoms with Gasteiger partial charge in [-0.3, -0.25) is 0 Å². The molecule has 0 atom stereocenters. The normalized spacial score (nSPS) is 11.6. The summed E-state index contributed by atoms with van der Waals surface area (Å²) in [4.78, 5) is 0. The summed E-state index contributed by atoms with van der Waals surface area (Å²) in [5.74, 6) is -3.39. The van der Waals surface area contributed by atoms with E-state index in [0.717, 1.165) is 18.2 Å². The Morgan fingerprint density at radius 3 is 2.14 bits per heavy atom. The number of benzene rings is 2. The molecule has 0 radical (unpaired) electrons. The van der Waals surface area contributed by atoms with Gasteiger partial charge in [-0.1, -0.05) is 6.07 Å². The maximum Gasteiger partial charge on any atom is 0.416 e. The highest BCUT2D eigenvalue weighted by Crippen LogP contribution is 2.36. The number of ether oxygens (including phenoxy) is 1. The van der Waals surface area contributed by atoms with E-state index < -0.39 is 35.7 Å². The lowest BCUT2D eigenvalue weighted by Gasteiger charge is -2.13. The van der Waals surface area contributed by atoms with E-state index in [1.165, 1.54) is 13.0 Å². The Morgan fingerprint density at radius 2 is 1.64 bits per heavy atom. The van der Waals surface area contributed by atoms with E-state index >= 15 is 0 Å². The number of aliphatic hydroxyl groups excluding tert-OH is 1. The molecule has 0 fully saturated rings. The van der Waals surface area contributed by atoms with Gasteiger partial charge in [-0.2, -0.15) is 13.2 Å². The number of alkyl halides is 3. The number of aryl methyl sites for hydroxylation is 1. The molecule has 0 saturated heterocycles. The van der Waals surface area contributed by atoms with E-state index in [-0.39, 0.29) is 16.9 Å². The van der Waals surface area contributed by atoms with Crippen molar-refractivity contribution in [2.45, 2.75) is 19.7 Å². The van der Waals surface area contributed by atoms with E-state index in [0.29, 0.717) is 6.07 Å². The van der Waals surface area contributed by atoms with Crippen molar-refractivity contribution >= 4 is 0 Å². The Kier molecular flexibility index (Phi) is 4.37. The number of hydrogen-bond acceptors (Lipinski definition) is 2. The number of hydrogen-bond donors (Lipinski definition) is 1. The highest BCUT2D eigenvalue weighted by Gasteiger charge is 2.32. The zero-order chi connectivity index (χ0) is 16.5. The minimum Gasteiger partial charge on any atom is -0.451 e. The van der Waals surface area contributed by atoms with Gasteiger partial charge in [-0.15, -0.1) is 0 Å². The van der Waals surface area contributed by atoms with Crippen molar-refractivity contribution in [3.63, 3.8) is 0 Å². The van der Waals surface area contributed by atoms with Crippen molar-refractivity contribution in [2.75, 3.05) is 0 Å². The molecule has 0 amide bonds. The quantitative estimate of drug-likeness (QED) is 0.840. The van der Waals surface area contributed by atoms with Gasteiger partial charge in [0.2, 0.25) is 0 Å². The van der Waals surface area contributed by atoms with Crippen LogP contribution in [-0.2, 0) is 12.8 Å². The summed E-state index contributed by atoms with van der Waals surface area (Å²) in [5, 5.41) is 8.82. The molecular weight excluding hydrogens is 307 g/mol. The second-order valence-electron chi connectivity index (χ2n) is 4.62. The van der Waals surface area contributed by atoms with Crippen LogP contribution >= 0.6 is 0 Å². The van der Waals surface area contributed by atoms with Crippen LogP contribution in [0.15, 0.2) is 30.3 Å². The number of aliphatic hydroxyl groups is 1. The smallest absolute Gasteiger partial charge is 0.416 e. The highest BCUT2D eigenvalue weighted by molar-refractivity contribution is 5.40. The van der Waals surface area contributed by atoms with Gasteiger partial charge in [0.25, 0.3) is 0 Å². The fourth-order valence-electron chi connectivity index (χ4n) is 1.89. The molecule has 0 aliphatic carbocycles. The van der Waals surface area contributed by atoms with Crippen molar-refractivity contribution in [1.82, 2.24) is 0 Å². The van der Waals surface area contributed by atoms with Gasteiger partial charge in [0, 0.05) is 0 Å². The first kappa shape index (κ1) is 16.2. The molecule has 22 heavy (non-hydrogen) atoms. The fourth-order valence-corrected chi connectivity index (χ4v) is 1.89. The van der Waals surface area contributed by atoms with Crippen molar-refractivity contribution in [3.8, 4) is 11.5 Å². The molecule has 0 saturated carbocycles. The standard InChI is InChI=1S/C15H11F5O2/c1-8-2-3-10(6-11(8)15(18,19)20)22-14-12(16)4-9(7-21)5-13(14)17/h2-6,21H,7H2,1H3. The molecule has 0 heterocycles. The van der Waals surface area contributed by atoms with Crippen molar-refractivity contribution in [1.29, 1.82) is 0 Å². The van der Waals surface area contributed by atoms with E-state index in [4.69, 9.17) is 9.84 Å². The maximum atomic E-state index is 13.7. The molecule has 2 rings (SSSR count). The van der Waals surface area contributed by atoms with Crippen LogP contribution in [0.4, 0.5) is 22.0 Å². The summed E-state index contributed by atoms with van der Waals surface area (Å²) >= 11 is 0. The fraction of sp³-hybridized carbons (Fsp3) is 0.200. The SMILES string of the molecule is Cc1ccc(Oc2c(F)cc(CO)cc2F)cc1C(F)(F)F. The summed E-state index contributed by atoms with van der Waals surface area (Å²) in [6, 6.07) is 4.70. The largest absolute Gasteiger partial charge is 0.451 e. The lowest BCUT2D eigenvalue weighted by molar-refractivity contribution is -0.138. The molecule has 2 aromatic carbocycles. The summed E-state index contributed by atoms with van der Waals surface area (Å²) in [7, 11) is 0. The Labute approximate surface area is 122 Å². The Hall–Kier alpha value is -2.15. The molecule has 118 valence electrons. The van der Waals surface area contributed by atoms with Crippen LogP contribution in [0.25, 0.3) is 0 Å². The Bertz CT molecular complexity index is 672. The molecule has 7 heteroatoms. The third kappa shape index (κ3) is 3.36. The minimum atomic E-state index is -4.60. The molecule has 0 spiro atoms. The molecule has 0 unspecified atom stereocenters. The maximum absolute atomic E-state index is 13.7. The Morgan fingerprint density at radius 1 is 1.05 bits per heavy atom. The Balaban J connectivity index is 2.40. The van der Waals surface area contributed by atoms with Gasteiger partial charge in [0.15, 0.2) is 17.4 Å². The van der Waals surface area contributed by atoms with Gasteiger partial charge in [-0.25, -0.2) is 8.78 Å². The first-order valence-corrected chi connectivity index (χ1v) is 6.17. The lowest BCUT2D eigenvalue weighted by atomic mass is 10.1. The van der Waals surface area contributed by atoms with Crippen LogP contribution in [0.1, 0.15) is 16.7 Å². The second kappa shape index (κ2) is 5.92. The van der Waals surface area contributed by atoms with E-state index in [2.05, 4.69) is 0 Å². The zero-order valence-electron chi connectivity index (χ0n) is 11.3. The van der Waals surface area contributed by atoms with Gasteiger partial charge in [0.1, 0.15) is 5.75 Å². The minimum absolute atomic E-state index is 0.0118. The van der Waals surface area contributed by atoms with Crippen molar-refractivity contribution < 1.29 is 31.8 Å². The first-order valence-electron chi connectivity index (χ1n) is 6.17. The van der Waals surface area contributed by atoms with Crippen LogP contribution in [0.3, 0.4) is 0 Å². The summed E-state index contributed by atoms with van der Waals surface area (Å²) in [6.45, 7) is 0.695. The molecule has 0 bridgehead atoms. The number of rotatable bonds is 3. The summed E-state index contributed by atoms with van der Waals surface area (Å²) in [5.41, 5.74) is -0.989. The van der Waals surface area contributed by atoms with Gasteiger partial charge in [-0.05, 0) is 42.3 Å². The van der Waals surface area contributed by atoms with Crippen LogP contribution < -0.4 is 4.74 Å². The summed E-state index contributed by atoms with van der Waals surface area (Å²) < 4.78 is 70.7. The number of halogens is 5. The van der Waals surface area contributed by atoms with Crippen molar-refractivity contribution in [3.05, 3.63) is 58.7 Å². The van der Waals surface area contributed by atoms with Crippen LogP contribution in [-0.4, -0.2) is 5.11 Å². The lowest BCUT2D eigenvalue weighted by Crippen LogP contribution is -2.07. The molecular formula is C15H11F5O2. The third-order valence-electron chi connectivity index (χ3n) is 2.97. The van der Waals surface area contributed by atoms with E-state index in [9.17, 15) is 22.0 Å². The molecule has 1 N–H and O–H groups in total. The first-order chi connectivity index (χ1) is 10.2. The average molecular weight is 318 g/mol. The third-order valence-corrected chi connectivity index (χ3v) is 2.97. The van der Waals surface area contributed by atoms with E-state index in [1.807, 2.05) is 0 Å². The van der Waals surface area contributed by atoms with Crippen LogP contribution in [0, 0.1) is 18.6 Å². The van der Waals surface area contributed by atoms with Gasteiger partial charge >= 0.3 is 6.18 Å². The average Bonchev–Trinajstić information content (AvgIpc) is 2.43. The van der Waals surface area contributed by atoms with Gasteiger partial charge < -0.3 is 9.84 Å². The predicted octanol–water partition coefficient (Wildman–Crippen LogP) is 4.58. The molecule has 0 aromatic heterocycles. The highest BCUT2D eigenvalue weighted by atomic mass is 19.4. The van der Waals surface area contributed by atoms with E-state index in [1.54, 1.807) is 0 Å². The monoisotopic (exact) mass is 318 g/mol. The predicted molar refractivity (Wildman–Crippen MR) is 68.5 cm³/mol. The van der Waals surface area contributed by atoms with Gasteiger partial charge in [0.05, 0.1) is 12.2 Å². The molecule has 0 aliphatic rings.